The minimum atomic E-state index is -4.59. The second-order valence-electron chi connectivity index (χ2n) is 6.50. The van der Waals surface area contributed by atoms with Gasteiger partial charge in [-0.25, -0.2) is 0 Å². The number of benzene rings is 2. The second-order valence-corrected chi connectivity index (χ2v) is 6.91. The van der Waals surface area contributed by atoms with Crippen molar-refractivity contribution in [3.63, 3.8) is 0 Å². The van der Waals surface area contributed by atoms with Crippen LogP contribution in [0.4, 0.5) is 13.2 Å². The molecule has 1 heterocycles. The van der Waals surface area contributed by atoms with Crippen LogP contribution in [0.3, 0.4) is 0 Å². The summed E-state index contributed by atoms with van der Waals surface area (Å²) in [5.74, 6) is -1.09. The highest BCUT2D eigenvalue weighted by Gasteiger charge is 2.31. The molecule has 0 saturated heterocycles. The van der Waals surface area contributed by atoms with Gasteiger partial charge in [0.15, 0.2) is 11.0 Å². The minimum absolute atomic E-state index is 0.000159. The Bertz CT molecular complexity index is 1140. The fraction of sp³-hybridized carbons (Fsp3) is 0.238. The number of hydrogen-bond acceptors (Lipinski definition) is 4. The Kier molecular flexibility index (Phi) is 6.36. The molecule has 30 heavy (non-hydrogen) atoms. The fourth-order valence-corrected chi connectivity index (χ4v) is 3.07. The molecule has 0 aliphatic heterocycles. The van der Waals surface area contributed by atoms with Crippen LogP contribution in [0, 0.1) is 0 Å². The third-order valence-corrected chi connectivity index (χ3v) is 4.62. The molecule has 0 saturated carbocycles. The number of fused-ring (bicyclic) bond motifs is 1. The zero-order valence-electron chi connectivity index (χ0n) is 15.5. The van der Waals surface area contributed by atoms with E-state index >= 15 is 0 Å². The molecule has 0 aliphatic carbocycles. The molecule has 0 spiro atoms. The summed E-state index contributed by atoms with van der Waals surface area (Å²) in [5, 5.41) is 9.10. The van der Waals surface area contributed by atoms with E-state index in [4.69, 9.17) is 25.9 Å². The lowest BCUT2D eigenvalue weighted by molar-refractivity contribution is -0.138. The van der Waals surface area contributed by atoms with Gasteiger partial charge in [-0.15, -0.1) is 0 Å². The van der Waals surface area contributed by atoms with Gasteiger partial charge in [0.2, 0.25) is 0 Å². The van der Waals surface area contributed by atoms with Crippen LogP contribution in [0.1, 0.15) is 24.8 Å². The number of unbranched alkanes of at least 4 members (excludes halogenated alkanes) is 1. The van der Waals surface area contributed by atoms with Crippen molar-refractivity contribution in [2.75, 3.05) is 6.61 Å². The highest BCUT2D eigenvalue weighted by Crippen LogP contribution is 2.38. The van der Waals surface area contributed by atoms with Gasteiger partial charge in [-0.3, -0.25) is 9.59 Å². The van der Waals surface area contributed by atoms with E-state index in [1.165, 1.54) is 18.2 Å². The number of ether oxygens (including phenoxy) is 1. The number of halogens is 4. The van der Waals surface area contributed by atoms with Crippen molar-refractivity contribution in [1.82, 2.24) is 0 Å². The molecule has 3 aromatic rings. The van der Waals surface area contributed by atoms with Crippen LogP contribution in [0.5, 0.6) is 5.75 Å². The average molecular weight is 441 g/mol. The fourth-order valence-electron chi connectivity index (χ4n) is 2.86. The summed E-state index contributed by atoms with van der Waals surface area (Å²) in [7, 11) is 0. The van der Waals surface area contributed by atoms with E-state index in [-0.39, 0.29) is 46.1 Å². The van der Waals surface area contributed by atoms with E-state index in [1.54, 1.807) is 6.07 Å². The number of aliphatic carboxylic acids is 1. The smallest absolute Gasteiger partial charge is 0.416 e. The molecule has 158 valence electrons. The zero-order chi connectivity index (χ0) is 21.9. The first-order chi connectivity index (χ1) is 14.2. The van der Waals surface area contributed by atoms with E-state index in [0.29, 0.717) is 12.8 Å². The maximum absolute atomic E-state index is 13.1. The summed E-state index contributed by atoms with van der Waals surface area (Å²) >= 11 is 6.10. The first-order valence-electron chi connectivity index (χ1n) is 8.95. The molecule has 1 N–H and O–H groups in total. The predicted octanol–water partition coefficient (Wildman–Crippen LogP) is 5.77. The summed E-state index contributed by atoms with van der Waals surface area (Å²) in [5.41, 5.74) is -1.05. The summed E-state index contributed by atoms with van der Waals surface area (Å²) in [4.78, 5) is 23.0. The van der Waals surface area contributed by atoms with Gasteiger partial charge < -0.3 is 14.3 Å². The first-order valence-corrected chi connectivity index (χ1v) is 9.33. The standard InChI is InChI=1S/C21H16ClF3O5/c22-15-5-3-4-13-16(26)11-18(30-20(13)15)14-8-7-12(21(23,24)25)10-17(14)29-9-2-1-6-19(27)28/h3-5,7-8,10-11H,1-2,6,9H2,(H,27,28). The van der Waals surface area contributed by atoms with Gasteiger partial charge in [-0.2, -0.15) is 13.2 Å². The van der Waals surface area contributed by atoms with Gasteiger partial charge in [0.1, 0.15) is 11.5 Å². The Morgan fingerprint density at radius 2 is 1.90 bits per heavy atom. The summed E-state index contributed by atoms with van der Waals surface area (Å²) < 4.78 is 50.7. The normalized spacial score (nSPS) is 11.6. The van der Waals surface area contributed by atoms with Crippen molar-refractivity contribution in [2.24, 2.45) is 0 Å². The van der Waals surface area contributed by atoms with E-state index in [2.05, 4.69) is 0 Å². The number of para-hydroxylation sites is 1. The zero-order valence-corrected chi connectivity index (χ0v) is 16.2. The van der Waals surface area contributed by atoms with Crippen molar-refractivity contribution in [3.05, 3.63) is 63.3 Å². The Balaban J connectivity index is 2.01. The van der Waals surface area contributed by atoms with Crippen LogP contribution < -0.4 is 10.2 Å². The molecule has 5 nitrogen and oxygen atoms in total. The molecular weight excluding hydrogens is 425 g/mol. The van der Waals surface area contributed by atoms with Crippen LogP contribution in [0.15, 0.2) is 51.7 Å². The Morgan fingerprint density at radius 3 is 2.60 bits per heavy atom. The van der Waals surface area contributed by atoms with Gasteiger partial charge in [0.25, 0.3) is 0 Å². The molecule has 3 rings (SSSR count). The highest BCUT2D eigenvalue weighted by atomic mass is 35.5. The van der Waals surface area contributed by atoms with E-state index in [0.717, 1.165) is 18.2 Å². The molecule has 0 bridgehead atoms. The second kappa shape index (κ2) is 8.79. The Labute approximate surface area is 173 Å². The third kappa shape index (κ3) is 4.94. The topological polar surface area (TPSA) is 76.7 Å². The lowest BCUT2D eigenvalue weighted by atomic mass is 10.1. The van der Waals surface area contributed by atoms with E-state index in [1.807, 2.05) is 0 Å². The van der Waals surface area contributed by atoms with Crippen LogP contribution in [-0.4, -0.2) is 17.7 Å². The van der Waals surface area contributed by atoms with Gasteiger partial charge in [0.05, 0.1) is 28.1 Å². The molecule has 1 aromatic heterocycles. The lowest BCUT2D eigenvalue weighted by Crippen LogP contribution is -2.07. The highest BCUT2D eigenvalue weighted by molar-refractivity contribution is 6.34. The maximum atomic E-state index is 13.1. The van der Waals surface area contributed by atoms with Crippen LogP contribution in [-0.2, 0) is 11.0 Å². The summed E-state index contributed by atoms with van der Waals surface area (Å²) in [6.07, 6.45) is -4.02. The first kappa shape index (κ1) is 21.7. The molecule has 0 unspecified atom stereocenters. The Hall–Kier alpha value is -3.00. The minimum Gasteiger partial charge on any atom is -0.493 e. The lowest BCUT2D eigenvalue weighted by Gasteiger charge is -2.15. The summed E-state index contributed by atoms with van der Waals surface area (Å²) in [6.45, 7) is 0.000159. The number of rotatable bonds is 7. The number of carboxylic acids is 1. The largest absolute Gasteiger partial charge is 0.493 e. The number of alkyl halides is 3. The van der Waals surface area contributed by atoms with Crippen molar-refractivity contribution >= 4 is 28.5 Å². The molecule has 0 aliphatic rings. The molecule has 0 fully saturated rings. The molecular formula is C21H16ClF3O5. The van der Waals surface area contributed by atoms with Gasteiger partial charge >= 0.3 is 12.1 Å². The van der Waals surface area contributed by atoms with Crippen molar-refractivity contribution in [2.45, 2.75) is 25.4 Å². The number of carbonyl (C=O) groups is 1. The van der Waals surface area contributed by atoms with Gasteiger partial charge in [-0.1, -0.05) is 17.7 Å². The maximum Gasteiger partial charge on any atom is 0.416 e. The molecule has 0 atom stereocenters. The Morgan fingerprint density at radius 1 is 1.13 bits per heavy atom. The SMILES string of the molecule is O=C(O)CCCCOc1cc(C(F)(F)F)ccc1-c1cc(=O)c2cccc(Cl)c2o1. The van der Waals surface area contributed by atoms with Crippen LogP contribution in [0.2, 0.25) is 5.02 Å². The van der Waals surface area contributed by atoms with Gasteiger partial charge in [-0.05, 0) is 43.2 Å². The molecule has 2 aromatic carbocycles. The molecule has 0 radical (unpaired) electrons. The summed E-state index contributed by atoms with van der Waals surface area (Å²) in [6, 6.07) is 8.67. The molecule has 9 heteroatoms. The van der Waals surface area contributed by atoms with E-state index in [9.17, 15) is 22.8 Å². The quantitative estimate of drug-likeness (QED) is 0.472. The predicted molar refractivity (Wildman–Crippen MR) is 105 cm³/mol. The van der Waals surface area contributed by atoms with E-state index < -0.39 is 23.1 Å². The van der Waals surface area contributed by atoms with Crippen LogP contribution in [0.25, 0.3) is 22.3 Å². The average Bonchev–Trinajstić information content (AvgIpc) is 2.67. The van der Waals surface area contributed by atoms with Crippen molar-refractivity contribution < 1.29 is 32.2 Å². The van der Waals surface area contributed by atoms with Gasteiger partial charge in [0, 0.05) is 12.5 Å². The number of carboxylic acid groups (broad SMARTS) is 1. The third-order valence-electron chi connectivity index (χ3n) is 4.32. The molecule has 0 amide bonds. The van der Waals surface area contributed by atoms with Crippen molar-refractivity contribution in [3.8, 4) is 17.1 Å². The number of hydrogen-bond donors (Lipinski definition) is 1. The van der Waals surface area contributed by atoms with Crippen LogP contribution >= 0.6 is 11.6 Å². The van der Waals surface area contributed by atoms with Crippen molar-refractivity contribution in [1.29, 1.82) is 0 Å². The monoisotopic (exact) mass is 440 g/mol.